The molecule has 0 saturated carbocycles. The number of halogens is 1. The number of aryl methyl sites for hydroxylation is 2. The van der Waals surface area contributed by atoms with Crippen LogP contribution in [-0.4, -0.2) is 30.4 Å². The maximum absolute atomic E-state index is 13.4. The highest BCUT2D eigenvalue weighted by Crippen LogP contribution is 2.25. The van der Waals surface area contributed by atoms with Crippen LogP contribution in [-0.2, 0) is 26.6 Å². The topological polar surface area (TPSA) is 91.3 Å². The Morgan fingerprint density at radius 3 is 2.30 bits per heavy atom. The highest BCUT2D eigenvalue weighted by atomic mass is 19.1. The van der Waals surface area contributed by atoms with Crippen LogP contribution in [0.25, 0.3) is 11.2 Å². The van der Waals surface area contributed by atoms with E-state index in [2.05, 4.69) is 11.9 Å². The third-order valence-corrected chi connectivity index (χ3v) is 5.53. The summed E-state index contributed by atoms with van der Waals surface area (Å²) < 4.78 is 23.4. The Balaban J connectivity index is 1.90. The van der Waals surface area contributed by atoms with Gasteiger partial charge in [0.2, 0.25) is 0 Å². The van der Waals surface area contributed by atoms with Crippen molar-refractivity contribution in [3.05, 3.63) is 86.3 Å². The lowest BCUT2D eigenvalue weighted by atomic mass is 10.2. The number of aliphatic hydroxyl groups excluding tert-OH is 1. The number of imidazole rings is 1. The van der Waals surface area contributed by atoms with Gasteiger partial charge in [0.15, 0.2) is 11.2 Å². The second kappa shape index (κ2) is 9.41. The van der Waals surface area contributed by atoms with E-state index in [1.54, 1.807) is 16.7 Å². The van der Waals surface area contributed by atoms with Gasteiger partial charge >= 0.3 is 11.7 Å². The van der Waals surface area contributed by atoms with E-state index >= 15 is 0 Å². The van der Waals surface area contributed by atoms with E-state index in [0.717, 1.165) is 22.1 Å². The molecular weight excluding hydrogens is 427 g/mol. The van der Waals surface area contributed by atoms with Crippen molar-refractivity contribution < 1.29 is 14.2 Å². The van der Waals surface area contributed by atoms with E-state index < -0.39 is 11.2 Å². The fourth-order valence-corrected chi connectivity index (χ4v) is 3.67. The molecule has 33 heavy (non-hydrogen) atoms. The van der Waals surface area contributed by atoms with E-state index in [4.69, 9.17) is 4.74 Å². The molecule has 8 nitrogen and oxygen atoms in total. The zero-order valence-electron chi connectivity index (χ0n) is 18.5. The van der Waals surface area contributed by atoms with Crippen molar-refractivity contribution in [3.63, 3.8) is 0 Å². The number of benzene rings is 2. The molecule has 9 heteroatoms. The lowest BCUT2D eigenvalue weighted by Gasteiger charge is -2.11. The second-order valence-corrected chi connectivity index (χ2v) is 7.75. The molecule has 2 aromatic heterocycles. The summed E-state index contributed by atoms with van der Waals surface area (Å²) in [6.45, 7) is 2.17. The number of fused-ring (bicyclic) bond motifs is 1. The van der Waals surface area contributed by atoms with Gasteiger partial charge in [0.1, 0.15) is 11.6 Å². The van der Waals surface area contributed by atoms with Gasteiger partial charge in [0.05, 0.1) is 6.54 Å². The predicted molar refractivity (Wildman–Crippen MR) is 122 cm³/mol. The molecule has 4 rings (SSSR count). The maximum atomic E-state index is 13.4. The van der Waals surface area contributed by atoms with Crippen LogP contribution in [0.5, 0.6) is 11.8 Å². The van der Waals surface area contributed by atoms with E-state index in [-0.39, 0.29) is 49.1 Å². The first-order valence-corrected chi connectivity index (χ1v) is 10.7. The third kappa shape index (κ3) is 4.45. The van der Waals surface area contributed by atoms with Gasteiger partial charge in [-0.2, -0.15) is 4.98 Å². The Hall–Kier alpha value is -3.72. The smallest absolute Gasteiger partial charge is 0.332 e. The Morgan fingerprint density at radius 1 is 1.00 bits per heavy atom. The molecule has 1 N–H and O–H groups in total. The van der Waals surface area contributed by atoms with Gasteiger partial charge in [-0.15, -0.1) is 0 Å². The quantitative estimate of drug-likeness (QED) is 0.444. The van der Waals surface area contributed by atoms with Crippen molar-refractivity contribution in [2.24, 2.45) is 7.05 Å². The van der Waals surface area contributed by atoms with Crippen LogP contribution in [0.15, 0.2) is 58.1 Å². The molecule has 0 bridgehead atoms. The zero-order valence-corrected chi connectivity index (χ0v) is 18.5. The number of aliphatic hydroxyl groups is 1. The molecule has 0 fully saturated rings. The predicted octanol–water partition coefficient (Wildman–Crippen LogP) is 2.82. The summed E-state index contributed by atoms with van der Waals surface area (Å²) in [7, 11) is 1.54. The zero-order chi connectivity index (χ0) is 23.5. The Morgan fingerprint density at radius 2 is 1.67 bits per heavy atom. The molecule has 172 valence electrons. The minimum atomic E-state index is -0.522. The minimum Gasteiger partial charge on any atom is -0.425 e. The molecule has 0 unspecified atom stereocenters. The molecule has 0 aliphatic carbocycles. The van der Waals surface area contributed by atoms with Crippen LogP contribution in [0, 0.1) is 5.82 Å². The molecule has 2 heterocycles. The summed E-state index contributed by atoms with van der Waals surface area (Å²) in [6.07, 6.45) is 1.15. The molecule has 0 aliphatic rings. The molecule has 0 amide bonds. The van der Waals surface area contributed by atoms with Gasteiger partial charge in [-0.1, -0.05) is 31.2 Å². The maximum Gasteiger partial charge on any atom is 0.332 e. The molecule has 0 spiro atoms. The highest BCUT2D eigenvalue weighted by Gasteiger charge is 2.22. The first-order chi connectivity index (χ1) is 15.9. The molecular formula is C24H25FN4O4. The molecule has 2 aromatic carbocycles. The summed E-state index contributed by atoms with van der Waals surface area (Å²) >= 11 is 0. The summed E-state index contributed by atoms with van der Waals surface area (Å²) in [5.41, 5.74) is 1.22. The van der Waals surface area contributed by atoms with Crippen LogP contribution < -0.4 is 16.0 Å². The first kappa shape index (κ1) is 22.5. The molecule has 0 saturated heterocycles. The standard InChI is InChI=1S/C24H25FN4O4/c1-3-16-7-11-19(12-8-16)33-23-26-21-20(29(23)15-17-5-9-18(25)10-6-17)22(31)28(13-4-14-30)24(32)27(21)2/h5-12,30H,3-4,13-15H2,1-2H3. The summed E-state index contributed by atoms with van der Waals surface area (Å²) in [5.74, 6) is 0.170. The first-order valence-electron chi connectivity index (χ1n) is 10.7. The Kier molecular flexibility index (Phi) is 6.41. The largest absolute Gasteiger partial charge is 0.425 e. The second-order valence-electron chi connectivity index (χ2n) is 7.75. The van der Waals surface area contributed by atoms with Crippen LogP contribution >= 0.6 is 0 Å². The summed E-state index contributed by atoms with van der Waals surface area (Å²) in [5, 5.41) is 9.18. The molecule has 0 atom stereocenters. The molecule has 0 aliphatic heterocycles. The minimum absolute atomic E-state index is 0.0777. The Labute approximate surface area is 189 Å². The highest BCUT2D eigenvalue weighted by molar-refractivity contribution is 5.72. The fraction of sp³-hybridized carbons (Fsp3) is 0.292. The van der Waals surface area contributed by atoms with Crippen molar-refractivity contribution >= 4 is 11.2 Å². The van der Waals surface area contributed by atoms with E-state index in [1.807, 2.05) is 24.3 Å². The van der Waals surface area contributed by atoms with Crippen molar-refractivity contribution in [2.75, 3.05) is 6.61 Å². The van der Waals surface area contributed by atoms with Crippen molar-refractivity contribution in [2.45, 2.75) is 32.9 Å². The molecule has 0 radical (unpaired) electrons. The van der Waals surface area contributed by atoms with Crippen LogP contribution in [0.1, 0.15) is 24.5 Å². The van der Waals surface area contributed by atoms with Crippen LogP contribution in [0.3, 0.4) is 0 Å². The average Bonchev–Trinajstić information content (AvgIpc) is 3.17. The summed E-state index contributed by atoms with van der Waals surface area (Å²) in [4.78, 5) is 30.6. The summed E-state index contributed by atoms with van der Waals surface area (Å²) in [6, 6.07) is 13.6. The van der Waals surface area contributed by atoms with Gasteiger partial charge in [0, 0.05) is 20.2 Å². The number of hydrogen-bond acceptors (Lipinski definition) is 5. The SMILES string of the molecule is CCc1ccc(Oc2nc3c(c(=O)n(CCCO)c(=O)n3C)n2Cc2ccc(F)cc2)cc1. The molecule has 4 aromatic rings. The van der Waals surface area contributed by atoms with Gasteiger partial charge in [-0.05, 0) is 48.2 Å². The monoisotopic (exact) mass is 452 g/mol. The van der Waals surface area contributed by atoms with Gasteiger partial charge in [-0.25, -0.2) is 9.18 Å². The average molecular weight is 452 g/mol. The van der Waals surface area contributed by atoms with Gasteiger partial charge in [-0.3, -0.25) is 18.5 Å². The lowest BCUT2D eigenvalue weighted by molar-refractivity contribution is 0.277. The van der Waals surface area contributed by atoms with E-state index in [9.17, 15) is 19.1 Å². The van der Waals surface area contributed by atoms with Crippen molar-refractivity contribution in [1.82, 2.24) is 18.7 Å². The third-order valence-electron chi connectivity index (χ3n) is 5.53. The van der Waals surface area contributed by atoms with Crippen LogP contribution in [0.2, 0.25) is 0 Å². The van der Waals surface area contributed by atoms with Crippen LogP contribution in [0.4, 0.5) is 4.39 Å². The number of hydrogen-bond donors (Lipinski definition) is 1. The van der Waals surface area contributed by atoms with E-state index in [0.29, 0.717) is 5.75 Å². The fourth-order valence-electron chi connectivity index (χ4n) is 3.67. The number of nitrogens with zero attached hydrogens (tertiary/aromatic N) is 4. The van der Waals surface area contributed by atoms with Gasteiger partial charge < -0.3 is 9.84 Å². The number of ether oxygens (including phenoxy) is 1. The van der Waals surface area contributed by atoms with Gasteiger partial charge in [0.25, 0.3) is 5.56 Å². The van der Waals surface area contributed by atoms with E-state index in [1.165, 1.54) is 23.7 Å². The number of rotatable bonds is 8. The lowest BCUT2D eigenvalue weighted by Crippen LogP contribution is -2.39. The van der Waals surface area contributed by atoms with Crippen molar-refractivity contribution in [1.29, 1.82) is 0 Å². The Bertz CT molecular complexity index is 1390. The normalized spacial score (nSPS) is 11.3. The van der Waals surface area contributed by atoms with Crippen molar-refractivity contribution in [3.8, 4) is 11.8 Å². The number of aromatic nitrogens is 4.